The van der Waals surface area contributed by atoms with E-state index in [4.69, 9.17) is 5.11 Å². The number of thiophene rings is 1. The molecule has 98 valence electrons. The van der Waals surface area contributed by atoms with E-state index in [0.29, 0.717) is 10.6 Å². The summed E-state index contributed by atoms with van der Waals surface area (Å²) in [5, 5.41) is 11.2. The van der Waals surface area contributed by atoms with Gasteiger partial charge in [0, 0.05) is 16.5 Å². The summed E-state index contributed by atoms with van der Waals surface area (Å²) in [6, 6.07) is 4.74. The van der Waals surface area contributed by atoms with Gasteiger partial charge in [-0.15, -0.1) is 11.3 Å². The molecule has 1 N–H and O–H groups in total. The van der Waals surface area contributed by atoms with E-state index in [1.807, 2.05) is 0 Å². The number of esters is 1. The first-order chi connectivity index (χ1) is 9.10. The summed E-state index contributed by atoms with van der Waals surface area (Å²) < 4.78 is 4.63. The normalized spacial score (nSPS) is 10.2. The molecule has 0 aliphatic rings. The van der Waals surface area contributed by atoms with Crippen LogP contribution in [0.3, 0.4) is 0 Å². The Morgan fingerprint density at radius 1 is 1.42 bits per heavy atom. The van der Waals surface area contributed by atoms with E-state index in [1.54, 1.807) is 23.6 Å². The second kappa shape index (κ2) is 5.85. The number of carbonyl (C=O) groups excluding carboxylic acids is 1. The third-order valence-electron chi connectivity index (χ3n) is 2.16. The Labute approximate surface area is 117 Å². The van der Waals surface area contributed by atoms with Crippen molar-refractivity contribution >= 4 is 35.0 Å². The predicted molar refractivity (Wildman–Crippen MR) is 71.0 cm³/mol. The number of aromatic carboxylic acids is 1. The Balaban J connectivity index is 2.18. The van der Waals surface area contributed by atoms with Gasteiger partial charge in [0.2, 0.25) is 0 Å². The third-order valence-corrected chi connectivity index (χ3v) is 4.14. The molecule has 0 bridgehead atoms. The fraction of sp³-hybridized carbons (Fsp3) is 0.0833. The molecular weight excluding hydrogens is 286 g/mol. The summed E-state index contributed by atoms with van der Waals surface area (Å²) in [5.74, 6) is -1.38. The first-order valence-electron chi connectivity index (χ1n) is 5.14. The van der Waals surface area contributed by atoms with Crippen LogP contribution in [0.25, 0.3) is 0 Å². The van der Waals surface area contributed by atoms with Crippen LogP contribution in [-0.2, 0) is 4.74 Å². The maximum Gasteiger partial charge on any atom is 0.345 e. The molecule has 0 unspecified atom stereocenters. The first kappa shape index (κ1) is 13.6. The number of carboxylic acid groups (broad SMARTS) is 1. The van der Waals surface area contributed by atoms with Gasteiger partial charge < -0.3 is 9.84 Å². The molecule has 2 heterocycles. The van der Waals surface area contributed by atoms with Crippen molar-refractivity contribution in [3.63, 3.8) is 0 Å². The summed E-state index contributed by atoms with van der Waals surface area (Å²) in [7, 11) is 1.31. The molecule has 2 rings (SSSR count). The average Bonchev–Trinajstić information content (AvgIpc) is 2.87. The van der Waals surface area contributed by atoms with Crippen molar-refractivity contribution < 1.29 is 19.4 Å². The number of methoxy groups -OCH3 is 1. The summed E-state index contributed by atoms with van der Waals surface area (Å²) in [5.41, 5.74) is 0.411. The van der Waals surface area contributed by atoms with Gasteiger partial charge in [-0.2, -0.15) is 0 Å². The lowest BCUT2D eigenvalue weighted by molar-refractivity contribution is 0.0599. The smallest absolute Gasteiger partial charge is 0.345 e. The van der Waals surface area contributed by atoms with Crippen molar-refractivity contribution in [1.29, 1.82) is 0 Å². The zero-order valence-electron chi connectivity index (χ0n) is 9.82. The zero-order chi connectivity index (χ0) is 13.8. The molecule has 2 aromatic rings. The lowest BCUT2D eigenvalue weighted by atomic mass is 10.3. The maximum absolute atomic E-state index is 11.4. The van der Waals surface area contributed by atoms with E-state index >= 15 is 0 Å². The SMILES string of the molecule is COC(=O)c1ccnc(Sc2csc(C(=O)O)c2)c1. The summed E-state index contributed by atoms with van der Waals surface area (Å²) in [6.45, 7) is 0. The van der Waals surface area contributed by atoms with E-state index < -0.39 is 11.9 Å². The maximum atomic E-state index is 11.4. The van der Waals surface area contributed by atoms with Crippen LogP contribution in [-0.4, -0.2) is 29.1 Å². The second-order valence-corrected chi connectivity index (χ2v) is 5.43. The molecule has 0 aliphatic carbocycles. The quantitative estimate of drug-likeness (QED) is 0.874. The minimum Gasteiger partial charge on any atom is -0.477 e. The van der Waals surface area contributed by atoms with Crippen LogP contribution >= 0.6 is 23.1 Å². The van der Waals surface area contributed by atoms with Gasteiger partial charge in [0.05, 0.1) is 12.7 Å². The van der Waals surface area contributed by atoms with Crippen molar-refractivity contribution in [2.75, 3.05) is 7.11 Å². The number of aromatic nitrogens is 1. The van der Waals surface area contributed by atoms with E-state index in [1.165, 1.54) is 25.1 Å². The molecular formula is C12H9NO4S2. The molecule has 2 aromatic heterocycles. The summed E-state index contributed by atoms with van der Waals surface area (Å²) >= 11 is 2.45. The lowest BCUT2D eigenvalue weighted by Gasteiger charge is -2.01. The molecule has 0 aromatic carbocycles. The van der Waals surface area contributed by atoms with E-state index in [9.17, 15) is 9.59 Å². The van der Waals surface area contributed by atoms with E-state index in [2.05, 4.69) is 9.72 Å². The number of hydrogen-bond acceptors (Lipinski definition) is 6. The molecule has 0 saturated heterocycles. The van der Waals surface area contributed by atoms with Gasteiger partial charge in [-0.1, -0.05) is 11.8 Å². The molecule has 0 amide bonds. The van der Waals surface area contributed by atoms with Crippen LogP contribution < -0.4 is 0 Å². The molecule has 0 saturated carbocycles. The number of carbonyl (C=O) groups is 2. The van der Waals surface area contributed by atoms with Crippen molar-refractivity contribution in [3.05, 3.63) is 40.2 Å². The molecule has 0 fully saturated rings. The average molecular weight is 295 g/mol. The third kappa shape index (κ3) is 3.33. The Morgan fingerprint density at radius 3 is 2.84 bits per heavy atom. The Kier molecular flexibility index (Phi) is 4.18. The fourth-order valence-corrected chi connectivity index (χ4v) is 3.05. The highest BCUT2D eigenvalue weighted by molar-refractivity contribution is 7.99. The number of ether oxygens (including phenoxy) is 1. The van der Waals surface area contributed by atoms with Gasteiger partial charge in [0.1, 0.15) is 9.90 Å². The van der Waals surface area contributed by atoms with Crippen LogP contribution in [0.1, 0.15) is 20.0 Å². The van der Waals surface area contributed by atoms with E-state index in [-0.39, 0.29) is 4.88 Å². The highest BCUT2D eigenvalue weighted by Crippen LogP contribution is 2.30. The Hall–Kier alpha value is -1.86. The number of pyridine rings is 1. The molecule has 0 atom stereocenters. The minimum atomic E-state index is -0.951. The van der Waals surface area contributed by atoms with Crippen molar-refractivity contribution in [2.45, 2.75) is 9.92 Å². The van der Waals surface area contributed by atoms with Gasteiger partial charge in [-0.05, 0) is 18.2 Å². The molecule has 0 radical (unpaired) electrons. The molecule has 19 heavy (non-hydrogen) atoms. The predicted octanol–water partition coefficient (Wildman–Crippen LogP) is 2.78. The van der Waals surface area contributed by atoms with Crippen LogP contribution in [0.2, 0.25) is 0 Å². The Bertz CT molecular complexity index is 624. The second-order valence-electron chi connectivity index (χ2n) is 3.43. The van der Waals surface area contributed by atoms with Gasteiger partial charge in [0.25, 0.3) is 0 Å². The van der Waals surface area contributed by atoms with Crippen molar-refractivity contribution in [2.24, 2.45) is 0 Å². The molecule has 5 nitrogen and oxygen atoms in total. The first-order valence-corrected chi connectivity index (χ1v) is 6.84. The van der Waals surface area contributed by atoms with Crippen LogP contribution in [0.5, 0.6) is 0 Å². The largest absolute Gasteiger partial charge is 0.477 e. The van der Waals surface area contributed by atoms with Crippen LogP contribution in [0, 0.1) is 0 Å². The van der Waals surface area contributed by atoms with E-state index in [0.717, 1.165) is 16.2 Å². The monoisotopic (exact) mass is 295 g/mol. The highest BCUT2D eigenvalue weighted by atomic mass is 32.2. The van der Waals surface area contributed by atoms with Crippen molar-refractivity contribution in [3.8, 4) is 0 Å². The number of hydrogen-bond donors (Lipinski definition) is 1. The zero-order valence-corrected chi connectivity index (χ0v) is 11.5. The Morgan fingerprint density at radius 2 is 2.21 bits per heavy atom. The fourth-order valence-electron chi connectivity index (χ4n) is 1.32. The van der Waals surface area contributed by atoms with Gasteiger partial charge in [-0.25, -0.2) is 14.6 Å². The molecule has 7 heteroatoms. The number of carboxylic acids is 1. The van der Waals surface area contributed by atoms with Crippen LogP contribution in [0.4, 0.5) is 0 Å². The lowest BCUT2D eigenvalue weighted by Crippen LogP contribution is -2.01. The minimum absolute atomic E-state index is 0.270. The topological polar surface area (TPSA) is 76.5 Å². The highest BCUT2D eigenvalue weighted by Gasteiger charge is 2.10. The standard InChI is InChI=1S/C12H9NO4S2/c1-17-12(16)7-2-3-13-10(4-7)19-8-5-9(11(14)15)18-6-8/h2-6H,1H3,(H,14,15). The molecule has 0 spiro atoms. The van der Waals surface area contributed by atoms with Gasteiger partial charge in [-0.3, -0.25) is 0 Å². The van der Waals surface area contributed by atoms with Gasteiger partial charge >= 0.3 is 11.9 Å². The number of rotatable bonds is 4. The summed E-state index contributed by atoms with van der Waals surface area (Å²) in [4.78, 5) is 27.3. The molecule has 0 aliphatic heterocycles. The van der Waals surface area contributed by atoms with Gasteiger partial charge in [0.15, 0.2) is 0 Å². The number of nitrogens with zero attached hydrogens (tertiary/aromatic N) is 1. The summed E-state index contributed by atoms with van der Waals surface area (Å²) in [6.07, 6.45) is 1.51. The van der Waals surface area contributed by atoms with Crippen LogP contribution in [0.15, 0.2) is 39.7 Å². The van der Waals surface area contributed by atoms with Crippen molar-refractivity contribution in [1.82, 2.24) is 4.98 Å².